The molecule has 1 saturated carbocycles. The van der Waals surface area contributed by atoms with Crippen LogP contribution in [-0.4, -0.2) is 28.6 Å². The third-order valence-electron chi connectivity index (χ3n) is 6.51. The number of aliphatic carboxylic acids is 1. The van der Waals surface area contributed by atoms with E-state index in [0.717, 1.165) is 30.4 Å². The van der Waals surface area contributed by atoms with Gasteiger partial charge < -0.3 is 21.1 Å². The molecule has 0 aliphatic heterocycles. The molecule has 3 amide bonds. The maximum Gasteiger partial charge on any atom is 0.329 e. The number of rotatable bonds is 6. The second-order valence-corrected chi connectivity index (χ2v) is 9.77. The quantitative estimate of drug-likeness (QED) is 0.363. The van der Waals surface area contributed by atoms with E-state index in [1.807, 2.05) is 32.0 Å². The number of aryl methyl sites for hydroxylation is 2. The second kappa shape index (κ2) is 10.7. The summed E-state index contributed by atoms with van der Waals surface area (Å²) < 4.78 is 0. The van der Waals surface area contributed by atoms with Crippen LogP contribution in [0.4, 0.5) is 16.2 Å². The zero-order valence-corrected chi connectivity index (χ0v) is 20.9. The number of carboxylic acids is 1. The predicted molar refractivity (Wildman–Crippen MR) is 135 cm³/mol. The minimum Gasteiger partial charge on any atom is -0.480 e. The van der Waals surface area contributed by atoms with E-state index in [1.54, 1.807) is 0 Å². The number of hydrogen-bond acceptors (Lipinski definition) is 3. The molecule has 0 heterocycles. The third-order valence-corrected chi connectivity index (χ3v) is 7.23. The van der Waals surface area contributed by atoms with Crippen LogP contribution in [0.2, 0.25) is 10.0 Å². The van der Waals surface area contributed by atoms with Crippen LogP contribution in [-0.2, 0) is 4.79 Å². The van der Waals surface area contributed by atoms with E-state index < -0.39 is 23.4 Å². The molecule has 0 unspecified atom stereocenters. The molecule has 0 spiro atoms. The van der Waals surface area contributed by atoms with Crippen molar-refractivity contribution in [3.05, 3.63) is 57.1 Å². The number of urea groups is 1. The summed E-state index contributed by atoms with van der Waals surface area (Å²) in [5.41, 5.74) is 1.10. The molecule has 1 atom stereocenters. The van der Waals surface area contributed by atoms with Crippen molar-refractivity contribution >= 4 is 52.5 Å². The van der Waals surface area contributed by atoms with Gasteiger partial charge in [-0.2, -0.15) is 0 Å². The number of carbonyl (C=O) groups is 3. The van der Waals surface area contributed by atoms with Crippen molar-refractivity contribution in [2.24, 2.45) is 5.92 Å². The summed E-state index contributed by atoms with van der Waals surface area (Å²) in [5.74, 6) is -1.96. The van der Waals surface area contributed by atoms with Crippen LogP contribution in [0.25, 0.3) is 0 Å². The fraction of sp³-hybridized carbons (Fsp3) is 0.400. The van der Waals surface area contributed by atoms with Crippen molar-refractivity contribution in [2.45, 2.75) is 58.4 Å². The Balaban J connectivity index is 1.88. The number of carbonyl (C=O) groups excluding carboxylic acids is 2. The van der Waals surface area contributed by atoms with E-state index in [1.165, 1.54) is 19.1 Å². The first-order valence-electron chi connectivity index (χ1n) is 11.2. The number of anilines is 2. The van der Waals surface area contributed by atoms with Crippen LogP contribution in [0, 0.1) is 19.8 Å². The zero-order valence-electron chi connectivity index (χ0n) is 19.4. The highest BCUT2D eigenvalue weighted by Gasteiger charge is 2.43. The van der Waals surface area contributed by atoms with Gasteiger partial charge in [0.2, 0.25) is 0 Å². The van der Waals surface area contributed by atoms with Crippen molar-refractivity contribution < 1.29 is 19.5 Å². The van der Waals surface area contributed by atoms with Crippen LogP contribution < -0.4 is 16.0 Å². The van der Waals surface area contributed by atoms with Crippen molar-refractivity contribution in [1.82, 2.24) is 5.32 Å². The smallest absolute Gasteiger partial charge is 0.329 e. The van der Waals surface area contributed by atoms with Crippen molar-refractivity contribution in [2.75, 3.05) is 10.6 Å². The van der Waals surface area contributed by atoms with Gasteiger partial charge >= 0.3 is 12.0 Å². The number of halogens is 2. The summed E-state index contributed by atoms with van der Waals surface area (Å²) in [7, 11) is 0. The van der Waals surface area contributed by atoms with Gasteiger partial charge in [-0.15, -0.1) is 0 Å². The molecule has 0 bridgehead atoms. The average Bonchev–Trinajstić information content (AvgIpc) is 2.79. The Kier molecular flexibility index (Phi) is 8.10. The highest BCUT2D eigenvalue weighted by atomic mass is 35.5. The summed E-state index contributed by atoms with van der Waals surface area (Å²) in [6.07, 6.45) is 4.32. The Morgan fingerprint density at radius 2 is 1.56 bits per heavy atom. The predicted octanol–water partition coefficient (Wildman–Crippen LogP) is 6.41. The topological polar surface area (TPSA) is 108 Å². The first-order chi connectivity index (χ1) is 16.0. The molecule has 0 radical (unpaired) electrons. The minimum atomic E-state index is -1.46. The van der Waals surface area contributed by atoms with Gasteiger partial charge in [0, 0.05) is 5.69 Å². The zero-order chi connectivity index (χ0) is 25.0. The largest absolute Gasteiger partial charge is 0.480 e. The Bertz CT molecular complexity index is 1100. The van der Waals surface area contributed by atoms with E-state index in [0.29, 0.717) is 18.5 Å². The molecule has 0 aromatic heterocycles. The summed E-state index contributed by atoms with van der Waals surface area (Å²) in [6, 6.07) is 7.77. The maximum atomic E-state index is 13.3. The number of amides is 3. The molecule has 2 aromatic rings. The molecular formula is C25H29Cl2N3O4. The van der Waals surface area contributed by atoms with Gasteiger partial charge in [0.1, 0.15) is 5.54 Å². The molecular weight excluding hydrogens is 477 g/mol. The van der Waals surface area contributed by atoms with E-state index in [9.17, 15) is 19.5 Å². The van der Waals surface area contributed by atoms with E-state index >= 15 is 0 Å². The molecule has 1 aliphatic carbocycles. The second-order valence-electron chi connectivity index (χ2n) is 8.95. The third kappa shape index (κ3) is 5.65. The standard InChI is InChI=1S/C25H29Cl2N3O4/c1-14-8-7-9-15(2)21(14)29-24(34)28-20-13-19(27)18(26)12-17(20)22(31)30-25(3,23(32)33)16-10-5-4-6-11-16/h7-9,12-13,16H,4-6,10-11H2,1-3H3,(H,30,31)(H,32,33)(H2,28,29,34)/t25-/m0/s1. The van der Waals surface area contributed by atoms with Gasteiger partial charge in [-0.05, 0) is 62.8 Å². The molecule has 1 fully saturated rings. The fourth-order valence-electron chi connectivity index (χ4n) is 4.43. The molecule has 3 rings (SSSR count). The molecule has 34 heavy (non-hydrogen) atoms. The molecule has 7 nitrogen and oxygen atoms in total. The lowest BCUT2D eigenvalue weighted by molar-refractivity contribution is -0.146. The van der Waals surface area contributed by atoms with Gasteiger partial charge in [0.05, 0.1) is 21.3 Å². The Morgan fingerprint density at radius 1 is 0.971 bits per heavy atom. The highest BCUT2D eigenvalue weighted by molar-refractivity contribution is 6.42. The fourth-order valence-corrected chi connectivity index (χ4v) is 4.76. The van der Waals surface area contributed by atoms with Crippen molar-refractivity contribution in [3.8, 4) is 0 Å². The van der Waals surface area contributed by atoms with Crippen molar-refractivity contribution in [3.63, 3.8) is 0 Å². The number of nitrogens with one attached hydrogen (secondary N) is 3. The van der Waals surface area contributed by atoms with Crippen LogP contribution >= 0.6 is 23.2 Å². The Hall–Kier alpha value is -2.77. The van der Waals surface area contributed by atoms with Crippen LogP contribution in [0.3, 0.4) is 0 Å². The Morgan fingerprint density at radius 3 is 2.15 bits per heavy atom. The van der Waals surface area contributed by atoms with Gasteiger partial charge in [0.15, 0.2) is 0 Å². The van der Waals surface area contributed by atoms with E-state index in [-0.39, 0.29) is 27.2 Å². The number of hydrogen-bond donors (Lipinski definition) is 4. The molecule has 4 N–H and O–H groups in total. The first kappa shape index (κ1) is 25.8. The lowest BCUT2D eigenvalue weighted by atomic mass is 9.75. The molecule has 0 saturated heterocycles. The summed E-state index contributed by atoms with van der Waals surface area (Å²) >= 11 is 12.3. The average molecular weight is 506 g/mol. The number of carboxylic acid groups (broad SMARTS) is 1. The molecule has 9 heteroatoms. The number of para-hydroxylation sites is 1. The summed E-state index contributed by atoms with van der Waals surface area (Å²) in [5, 5.41) is 18.4. The lowest BCUT2D eigenvalue weighted by Gasteiger charge is -2.37. The van der Waals surface area contributed by atoms with Crippen LogP contribution in [0.15, 0.2) is 30.3 Å². The number of benzene rings is 2. The summed E-state index contributed by atoms with van der Waals surface area (Å²) in [6.45, 7) is 5.28. The monoisotopic (exact) mass is 505 g/mol. The normalized spacial score (nSPS) is 15.8. The summed E-state index contributed by atoms with van der Waals surface area (Å²) in [4.78, 5) is 38.3. The minimum absolute atomic E-state index is 0.0225. The van der Waals surface area contributed by atoms with E-state index in [2.05, 4.69) is 16.0 Å². The van der Waals surface area contributed by atoms with Crippen molar-refractivity contribution in [1.29, 1.82) is 0 Å². The van der Waals surface area contributed by atoms with Gasteiger partial charge in [0.25, 0.3) is 5.91 Å². The lowest BCUT2D eigenvalue weighted by Crippen LogP contribution is -2.57. The molecule has 182 valence electrons. The van der Waals surface area contributed by atoms with Crippen LogP contribution in [0.5, 0.6) is 0 Å². The highest BCUT2D eigenvalue weighted by Crippen LogP contribution is 2.35. The van der Waals surface area contributed by atoms with Gasteiger partial charge in [-0.25, -0.2) is 9.59 Å². The van der Waals surface area contributed by atoms with Crippen LogP contribution in [0.1, 0.15) is 60.5 Å². The van der Waals surface area contributed by atoms with Gasteiger partial charge in [-0.3, -0.25) is 4.79 Å². The first-order valence-corrected chi connectivity index (χ1v) is 12.0. The molecule has 2 aromatic carbocycles. The Labute approximate surface area is 209 Å². The maximum absolute atomic E-state index is 13.3. The van der Waals surface area contributed by atoms with Gasteiger partial charge in [-0.1, -0.05) is 60.7 Å². The molecule has 1 aliphatic rings. The van der Waals surface area contributed by atoms with E-state index in [4.69, 9.17) is 23.2 Å². The SMILES string of the molecule is Cc1cccc(C)c1NC(=O)Nc1cc(Cl)c(Cl)cc1C(=O)N[C@](C)(C(=O)O)C1CCCCC1.